The summed E-state index contributed by atoms with van der Waals surface area (Å²) in [6.45, 7) is 0.0471. The van der Waals surface area contributed by atoms with Crippen LogP contribution >= 0.6 is 0 Å². The van der Waals surface area contributed by atoms with Crippen LogP contribution in [0.25, 0.3) is 11.1 Å². The van der Waals surface area contributed by atoms with Crippen LogP contribution in [-0.4, -0.2) is 17.3 Å². The molecule has 0 fully saturated rings. The molecule has 0 aromatic heterocycles. The first kappa shape index (κ1) is 13.8. The minimum atomic E-state index is -0.0722. The Morgan fingerprint density at radius 3 is 2.45 bits per heavy atom. The van der Waals surface area contributed by atoms with Gasteiger partial charge in [-0.05, 0) is 28.3 Å². The predicted octanol–water partition coefficient (Wildman–Crippen LogP) is 1.45. The molecule has 20 heavy (non-hydrogen) atoms. The Balaban J connectivity index is 2.24. The SMILES string of the molecule is NC(N)=NN=Cc1cccc(-c2ccc(CO)cc2)c1. The van der Waals surface area contributed by atoms with E-state index < -0.39 is 0 Å². The summed E-state index contributed by atoms with van der Waals surface area (Å²) < 4.78 is 0. The van der Waals surface area contributed by atoms with Crippen molar-refractivity contribution in [3.8, 4) is 11.1 Å². The summed E-state index contributed by atoms with van der Waals surface area (Å²) in [6.07, 6.45) is 1.59. The van der Waals surface area contributed by atoms with E-state index in [9.17, 15) is 0 Å². The maximum absolute atomic E-state index is 9.03. The number of aliphatic hydroxyl groups is 1. The lowest BCUT2D eigenvalue weighted by molar-refractivity contribution is 0.282. The number of nitrogens with zero attached hydrogens (tertiary/aromatic N) is 2. The molecule has 0 amide bonds. The molecule has 0 heterocycles. The summed E-state index contributed by atoms with van der Waals surface area (Å²) in [7, 11) is 0. The standard InChI is InChI=1S/C15H16N4O/c16-15(17)19-18-9-12-2-1-3-14(8-12)13-6-4-11(10-20)5-7-13/h1-9,20H,10H2,(H4,16,17,19). The molecule has 0 unspecified atom stereocenters. The van der Waals surface area contributed by atoms with Crippen LogP contribution in [0.1, 0.15) is 11.1 Å². The summed E-state index contributed by atoms with van der Waals surface area (Å²) in [5, 5.41) is 16.4. The molecule has 5 nitrogen and oxygen atoms in total. The largest absolute Gasteiger partial charge is 0.392 e. The Labute approximate surface area is 117 Å². The normalized spacial score (nSPS) is 10.7. The van der Waals surface area contributed by atoms with Gasteiger partial charge in [-0.25, -0.2) is 0 Å². The first-order valence-corrected chi connectivity index (χ1v) is 6.11. The first-order valence-electron chi connectivity index (χ1n) is 6.11. The van der Waals surface area contributed by atoms with Gasteiger partial charge in [0, 0.05) is 0 Å². The summed E-state index contributed by atoms with van der Waals surface area (Å²) in [5.41, 5.74) is 14.3. The molecule has 0 radical (unpaired) electrons. The summed E-state index contributed by atoms with van der Waals surface area (Å²) in [4.78, 5) is 0. The second-order valence-corrected chi connectivity index (χ2v) is 4.25. The average molecular weight is 268 g/mol. The van der Waals surface area contributed by atoms with Gasteiger partial charge in [-0.1, -0.05) is 42.5 Å². The molecule has 0 bridgehead atoms. The van der Waals surface area contributed by atoms with Gasteiger partial charge in [0.2, 0.25) is 5.96 Å². The molecule has 102 valence electrons. The number of aliphatic hydroxyl groups excluding tert-OH is 1. The maximum atomic E-state index is 9.03. The van der Waals surface area contributed by atoms with Crippen molar-refractivity contribution in [1.29, 1.82) is 0 Å². The number of hydrogen-bond acceptors (Lipinski definition) is 3. The minimum absolute atomic E-state index is 0.0471. The van der Waals surface area contributed by atoms with Gasteiger partial charge < -0.3 is 16.6 Å². The third kappa shape index (κ3) is 3.66. The molecule has 5 heteroatoms. The average Bonchev–Trinajstić information content (AvgIpc) is 2.47. The van der Waals surface area contributed by atoms with Crippen molar-refractivity contribution < 1.29 is 5.11 Å². The van der Waals surface area contributed by atoms with Gasteiger partial charge in [0.25, 0.3) is 0 Å². The molecular weight excluding hydrogens is 252 g/mol. The smallest absolute Gasteiger partial charge is 0.211 e. The fraction of sp³-hybridized carbons (Fsp3) is 0.0667. The quantitative estimate of drug-likeness (QED) is 0.445. The minimum Gasteiger partial charge on any atom is -0.392 e. The van der Waals surface area contributed by atoms with Crippen molar-refractivity contribution in [2.75, 3.05) is 0 Å². The highest BCUT2D eigenvalue weighted by atomic mass is 16.3. The molecular formula is C15H16N4O. The number of hydrogen-bond donors (Lipinski definition) is 3. The van der Waals surface area contributed by atoms with Crippen LogP contribution in [0.2, 0.25) is 0 Å². The number of guanidine groups is 1. The van der Waals surface area contributed by atoms with E-state index in [0.29, 0.717) is 0 Å². The highest BCUT2D eigenvalue weighted by Gasteiger charge is 1.99. The zero-order chi connectivity index (χ0) is 14.4. The fourth-order valence-electron chi connectivity index (χ4n) is 1.76. The first-order chi connectivity index (χ1) is 9.69. The zero-order valence-corrected chi connectivity index (χ0v) is 10.9. The molecule has 0 aliphatic heterocycles. The van der Waals surface area contributed by atoms with Crippen LogP contribution in [-0.2, 0) is 6.61 Å². The lowest BCUT2D eigenvalue weighted by atomic mass is 10.0. The third-order valence-corrected chi connectivity index (χ3v) is 2.74. The highest BCUT2D eigenvalue weighted by molar-refractivity contribution is 5.83. The Morgan fingerprint density at radius 2 is 1.80 bits per heavy atom. The lowest BCUT2D eigenvalue weighted by Crippen LogP contribution is -2.21. The molecule has 0 saturated carbocycles. The van der Waals surface area contributed by atoms with Crippen molar-refractivity contribution >= 4 is 12.2 Å². The van der Waals surface area contributed by atoms with E-state index in [2.05, 4.69) is 10.2 Å². The Hall–Kier alpha value is -2.66. The fourth-order valence-corrected chi connectivity index (χ4v) is 1.76. The van der Waals surface area contributed by atoms with Gasteiger partial charge in [-0.2, -0.15) is 5.10 Å². The number of nitrogens with two attached hydrogens (primary N) is 2. The Kier molecular flexibility index (Phi) is 4.47. The molecule has 0 aliphatic rings. The molecule has 5 N–H and O–H groups in total. The summed E-state index contributed by atoms with van der Waals surface area (Å²) >= 11 is 0. The van der Waals surface area contributed by atoms with Gasteiger partial charge in [-0.15, -0.1) is 5.10 Å². The third-order valence-electron chi connectivity index (χ3n) is 2.74. The van der Waals surface area contributed by atoms with E-state index in [4.69, 9.17) is 16.6 Å². The van der Waals surface area contributed by atoms with Gasteiger partial charge >= 0.3 is 0 Å². The summed E-state index contributed by atoms with van der Waals surface area (Å²) in [5.74, 6) is -0.0722. The lowest BCUT2D eigenvalue weighted by Gasteiger charge is -2.04. The highest BCUT2D eigenvalue weighted by Crippen LogP contribution is 2.20. The van der Waals surface area contributed by atoms with Crippen molar-refractivity contribution in [2.45, 2.75) is 6.61 Å². The van der Waals surface area contributed by atoms with Crippen LogP contribution in [0.4, 0.5) is 0 Å². The Bertz CT molecular complexity index is 629. The second kappa shape index (κ2) is 6.49. The van der Waals surface area contributed by atoms with Crippen molar-refractivity contribution in [2.24, 2.45) is 21.7 Å². The topological polar surface area (TPSA) is 97.0 Å². The van der Waals surface area contributed by atoms with Crippen molar-refractivity contribution in [1.82, 2.24) is 0 Å². The van der Waals surface area contributed by atoms with Crippen LogP contribution in [0.5, 0.6) is 0 Å². The van der Waals surface area contributed by atoms with Crippen LogP contribution < -0.4 is 11.5 Å². The van der Waals surface area contributed by atoms with E-state index in [1.165, 1.54) is 0 Å². The molecule has 0 spiro atoms. The Morgan fingerprint density at radius 1 is 1.05 bits per heavy atom. The van der Waals surface area contributed by atoms with E-state index in [1.54, 1.807) is 6.21 Å². The monoisotopic (exact) mass is 268 g/mol. The van der Waals surface area contributed by atoms with Crippen molar-refractivity contribution in [3.05, 3.63) is 59.7 Å². The van der Waals surface area contributed by atoms with Gasteiger partial charge in [0.15, 0.2) is 0 Å². The van der Waals surface area contributed by atoms with E-state index in [0.717, 1.165) is 22.3 Å². The summed E-state index contributed by atoms with van der Waals surface area (Å²) in [6, 6.07) is 15.6. The molecule has 2 rings (SSSR count). The predicted molar refractivity (Wildman–Crippen MR) is 81.2 cm³/mol. The van der Waals surface area contributed by atoms with E-state index >= 15 is 0 Å². The second-order valence-electron chi connectivity index (χ2n) is 4.25. The molecule has 0 aliphatic carbocycles. The van der Waals surface area contributed by atoms with Crippen LogP contribution in [0, 0.1) is 0 Å². The molecule has 2 aromatic carbocycles. The zero-order valence-electron chi connectivity index (χ0n) is 10.9. The van der Waals surface area contributed by atoms with Crippen LogP contribution in [0.15, 0.2) is 58.7 Å². The maximum Gasteiger partial charge on any atom is 0.211 e. The molecule has 0 atom stereocenters. The van der Waals surface area contributed by atoms with Gasteiger partial charge in [-0.3, -0.25) is 0 Å². The number of benzene rings is 2. The van der Waals surface area contributed by atoms with Crippen LogP contribution in [0.3, 0.4) is 0 Å². The van der Waals surface area contributed by atoms with E-state index in [-0.39, 0.29) is 12.6 Å². The number of rotatable bonds is 4. The van der Waals surface area contributed by atoms with Gasteiger partial charge in [0.05, 0.1) is 12.8 Å². The molecule has 0 saturated heterocycles. The van der Waals surface area contributed by atoms with E-state index in [1.807, 2.05) is 48.5 Å². The van der Waals surface area contributed by atoms with Gasteiger partial charge in [0.1, 0.15) is 0 Å². The molecule has 2 aromatic rings. The van der Waals surface area contributed by atoms with Crippen molar-refractivity contribution in [3.63, 3.8) is 0 Å².